The Bertz CT molecular complexity index is 1010. The standard InChI is InChI=1S/C64H127NO5/c1-3-5-7-9-11-13-15-16-30-34-38-42-46-50-54-58-64(69)70-59-55-51-47-43-39-35-32-29-27-25-23-21-19-17-18-20-22-24-26-28-31-33-37-41-45-49-53-57-63(68)65-61(60-66)62(67)56-52-48-44-40-36-14-12-10-8-6-4-2/h61-62,66-67H,3-60H2,1-2H3,(H,65,68). The maximum Gasteiger partial charge on any atom is 0.305 e. The highest BCUT2D eigenvalue weighted by molar-refractivity contribution is 5.76. The molecule has 1 amide bonds. The third-order valence-electron chi connectivity index (χ3n) is 15.4. The van der Waals surface area contributed by atoms with Gasteiger partial charge < -0.3 is 20.3 Å². The van der Waals surface area contributed by atoms with Gasteiger partial charge in [0.1, 0.15) is 0 Å². The lowest BCUT2D eigenvalue weighted by molar-refractivity contribution is -0.143. The highest BCUT2D eigenvalue weighted by atomic mass is 16.5. The number of ether oxygens (including phenoxy) is 1. The van der Waals surface area contributed by atoms with Crippen LogP contribution in [0.2, 0.25) is 0 Å². The van der Waals surface area contributed by atoms with Gasteiger partial charge in [0.25, 0.3) is 0 Å². The minimum Gasteiger partial charge on any atom is -0.466 e. The molecule has 0 aliphatic carbocycles. The van der Waals surface area contributed by atoms with E-state index < -0.39 is 12.1 Å². The Morgan fingerprint density at radius 2 is 0.586 bits per heavy atom. The van der Waals surface area contributed by atoms with E-state index in [1.807, 2.05) is 0 Å². The highest BCUT2D eigenvalue weighted by Gasteiger charge is 2.20. The molecule has 0 aliphatic heterocycles. The van der Waals surface area contributed by atoms with E-state index in [-0.39, 0.29) is 18.5 Å². The minimum absolute atomic E-state index is 0.0219. The van der Waals surface area contributed by atoms with E-state index in [2.05, 4.69) is 19.2 Å². The number of carbonyl (C=O) groups is 2. The van der Waals surface area contributed by atoms with Gasteiger partial charge in [-0.25, -0.2) is 0 Å². The van der Waals surface area contributed by atoms with Crippen molar-refractivity contribution < 1.29 is 24.5 Å². The topological polar surface area (TPSA) is 95.9 Å². The smallest absolute Gasteiger partial charge is 0.305 e. The SMILES string of the molecule is CCCCCCCCCCCCCCCCCC(=O)OCCCCCCCCCCCCCCCCCCCCCCCCCCCCCC(=O)NC(CO)C(O)CCCCCCCCCCCCC. The lowest BCUT2D eigenvalue weighted by Gasteiger charge is -2.22. The molecule has 0 aromatic carbocycles. The molecular weight excluding hydrogens is 863 g/mol. The zero-order valence-corrected chi connectivity index (χ0v) is 47.8. The van der Waals surface area contributed by atoms with E-state index >= 15 is 0 Å². The molecule has 2 atom stereocenters. The van der Waals surface area contributed by atoms with Crippen molar-refractivity contribution in [2.24, 2.45) is 0 Å². The minimum atomic E-state index is -0.659. The number of carbonyl (C=O) groups excluding carboxylic acids is 2. The summed E-state index contributed by atoms with van der Waals surface area (Å²) in [7, 11) is 0. The molecular formula is C64H127NO5. The summed E-state index contributed by atoms with van der Waals surface area (Å²) in [6.07, 6.45) is 71.4. The van der Waals surface area contributed by atoms with E-state index in [1.165, 1.54) is 302 Å². The van der Waals surface area contributed by atoms with Crippen molar-refractivity contribution in [2.45, 2.75) is 386 Å². The van der Waals surface area contributed by atoms with E-state index in [1.54, 1.807) is 0 Å². The molecule has 0 radical (unpaired) electrons. The van der Waals surface area contributed by atoms with Gasteiger partial charge in [-0.2, -0.15) is 0 Å². The highest BCUT2D eigenvalue weighted by Crippen LogP contribution is 2.19. The Morgan fingerprint density at radius 3 is 0.871 bits per heavy atom. The van der Waals surface area contributed by atoms with Crippen LogP contribution in [0.15, 0.2) is 0 Å². The molecule has 3 N–H and O–H groups in total. The van der Waals surface area contributed by atoms with Gasteiger partial charge in [-0.05, 0) is 25.7 Å². The van der Waals surface area contributed by atoms with Crippen molar-refractivity contribution in [3.8, 4) is 0 Å². The van der Waals surface area contributed by atoms with E-state index in [4.69, 9.17) is 4.74 Å². The van der Waals surface area contributed by atoms with Crippen LogP contribution < -0.4 is 5.32 Å². The van der Waals surface area contributed by atoms with Crippen LogP contribution in [0.25, 0.3) is 0 Å². The van der Waals surface area contributed by atoms with Crippen LogP contribution in [-0.4, -0.2) is 47.4 Å². The van der Waals surface area contributed by atoms with Crippen LogP contribution >= 0.6 is 0 Å². The van der Waals surface area contributed by atoms with Gasteiger partial charge in [-0.1, -0.05) is 335 Å². The monoisotopic (exact) mass is 990 g/mol. The van der Waals surface area contributed by atoms with Gasteiger partial charge in [0.05, 0.1) is 25.4 Å². The second-order valence-electron chi connectivity index (χ2n) is 22.5. The van der Waals surface area contributed by atoms with Gasteiger partial charge in [0.15, 0.2) is 0 Å². The number of hydrogen-bond donors (Lipinski definition) is 3. The summed E-state index contributed by atoms with van der Waals surface area (Å²) in [6, 6.07) is -0.536. The van der Waals surface area contributed by atoms with Crippen LogP contribution in [0.4, 0.5) is 0 Å². The van der Waals surface area contributed by atoms with Crippen molar-refractivity contribution in [3.05, 3.63) is 0 Å². The number of aliphatic hydroxyl groups excluding tert-OH is 2. The molecule has 0 fully saturated rings. The largest absolute Gasteiger partial charge is 0.466 e. The molecule has 0 aromatic heterocycles. The average Bonchev–Trinajstić information content (AvgIpc) is 3.36. The van der Waals surface area contributed by atoms with E-state index in [0.717, 1.165) is 38.5 Å². The predicted molar refractivity (Wildman–Crippen MR) is 306 cm³/mol. The third-order valence-corrected chi connectivity index (χ3v) is 15.4. The molecule has 0 saturated heterocycles. The molecule has 0 rings (SSSR count). The second-order valence-corrected chi connectivity index (χ2v) is 22.5. The van der Waals surface area contributed by atoms with E-state index in [9.17, 15) is 19.8 Å². The van der Waals surface area contributed by atoms with Gasteiger partial charge in [0.2, 0.25) is 5.91 Å². The second kappa shape index (κ2) is 60.4. The van der Waals surface area contributed by atoms with Gasteiger partial charge in [0, 0.05) is 12.8 Å². The lowest BCUT2D eigenvalue weighted by atomic mass is 10.0. The van der Waals surface area contributed by atoms with Crippen molar-refractivity contribution in [3.63, 3.8) is 0 Å². The van der Waals surface area contributed by atoms with Crippen molar-refractivity contribution in [1.82, 2.24) is 5.32 Å². The first-order chi connectivity index (χ1) is 34.5. The summed E-state index contributed by atoms with van der Waals surface area (Å²) in [6.45, 7) is 4.98. The zero-order valence-electron chi connectivity index (χ0n) is 47.8. The summed E-state index contributed by atoms with van der Waals surface area (Å²) in [4.78, 5) is 24.5. The summed E-state index contributed by atoms with van der Waals surface area (Å²) >= 11 is 0. The number of aliphatic hydroxyl groups is 2. The lowest BCUT2D eigenvalue weighted by Crippen LogP contribution is -2.45. The maximum absolute atomic E-state index is 12.4. The molecule has 0 aromatic rings. The molecule has 6 heteroatoms. The fourth-order valence-electron chi connectivity index (χ4n) is 10.5. The predicted octanol–water partition coefficient (Wildman–Crippen LogP) is 20.3. The number of unbranched alkanes of at least 4 members (excludes halogenated alkanes) is 50. The normalized spacial score (nSPS) is 12.5. The molecule has 0 aliphatic rings. The van der Waals surface area contributed by atoms with Crippen molar-refractivity contribution in [1.29, 1.82) is 0 Å². The van der Waals surface area contributed by atoms with Crippen LogP contribution in [0, 0.1) is 0 Å². The summed E-state index contributed by atoms with van der Waals surface area (Å²) < 4.78 is 5.50. The molecule has 0 spiro atoms. The fourth-order valence-corrected chi connectivity index (χ4v) is 10.5. The Kier molecular flexibility index (Phi) is 59.4. The molecule has 0 bridgehead atoms. The average molecular weight is 991 g/mol. The number of nitrogens with one attached hydrogen (secondary N) is 1. The van der Waals surface area contributed by atoms with Crippen molar-refractivity contribution in [2.75, 3.05) is 13.2 Å². The van der Waals surface area contributed by atoms with Crippen LogP contribution in [0.1, 0.15) is 373 Å². The first-order valence-corrected chi connectivity index (χ1v) is 32.3. The third kappa shape index (κ3) is 56.2. The summed E-state index contributed by atoms with van der Waals surface area (Å²) in [5.74, 6) is -0.00911. The number of esters is 1. The maximum atomic E-state index is 12.4. The number of amides is 1. The van der Waals surface area contributed by atoms with Gasteiger partial charge >= 0.3 is 5.97 Å². The molecule has 418 valence electrons. The Hall–Kier alpha value is -1.14. The molecule has 2 unspecified atom stereocenters. The Morgan fingerprint density at radius 1 is 0.343 bits per heavy atom. The molecule has 0 heterocycles. The Labute approximate surface area is 438 Å². The summed E-state index contributed by atoms with van der Waals surface area (Å²) in [5.41, 5.74) is 0. The molecule has 70 heavy (non-hydrogen) atoms. The molecule has 0 saturated carbocycles. The van der Waals surface area contributed by atoms with Gasteiger partial charge in [-0.15, -0.1) is 0 Å². The Balaban J connectivity index is 3.30. The number of rotatable bonds is 61. The first kappa shape index (κ1) is 68.9. The van der Waals surface area contributed by atoms with Gasteiger partial charge in [-0.3, -0.25) is 9.59 Å². The first-order valence-electron chi connectivity index (χ1n) is 32.3. The van der Waals surface area contributed by atoms with Crippen LogP contribution in [0.5, 0.6) is 0 Å². The van der Waals surface area contributed by atoms with Crippen molar-refractivity contribution >= 4 is 11.9 Å². The molecule has 6 nitrogen and oxygen atoms in total. The fraction of sp³-hybridized carbons (Fsp3) is 0.969. The van der Waals surface area contributed by atoms with Crippen LogP contribution in [-0.2, 0) is 14.3 Å². The quantitative estimate of drug-likeness (QED) is 0.0417. The zero-order chi connectivity index (χ0) is 50.7. The van der Waals surface area contributed by atoms with Crippen LogP contribution in [0.3, 0.4) is 0 Å². The summed E-state index contributed by atoms with van der Waals surface area (Å²) in [5, 5.41) is 23.2. The van der Waals surface area contributed by atoms with E-state index in [0.29, 0.717) is 25.9 Å². The number of hydrogen-bond acceptors (Lipinski definition) is 5.